The standard InChI is InChI=1S/C15H26N2S/c1-5-13-6-7-14(18-13)12(2)17-10-8-15(3,16-4)9-11-17/h6-7,12,16H,5,8-11H2,1-4H3. The highest BCUT2D eigenvalue weighted by molar-refractivity contribution is 7.12. The zero-order valence-corrected chi connectivity index (χ0v) is 12.9. The largest absolute Gasteiger partial charge is 0.314 e. The van der Waals surface area contributed by atoms with Gasteiger partial charge in [-0.2, -0.15) is 0 Å². The lowest BCUT2D eigenvalue weighted by Gasteiger charge is -2.41. The van der Waals surface area contributed by atoms with Crippen molar-refractivity contribution in [2.24, 2.45) is 0 Å². The second-order valence-corrected chi connectivity index (χ2v) is 6.88. The van der Waals surface area contributed by atoms with Crippen LogP contribution in [0.15, 0.2) is 12.1 Å². The molecule has 2 rings (SSSR count). The normalized spacial score (nSPS) is 22.0. The highest BCUT2D eigenvalue weighted by Crippen LogP contribution is 2.32. The van der Waals surface area contributed by atoms with E-state index >= 15 is 0 Å². The van der Waals surface area contributed by atoms with Gasteiger partial charge in [-0.1, -0.05) is 6.92 Å². The van der Waals surface area contributed by atoms with Gasteiger partial charge in [0.1, 0.15) is 0 Å². The molecule has 2 nitrogen and oxygen atoms in total. The number of piperidine rings is 1. The van der Waals surface area contributed by atoms with Gasteiger partial charge in [0, 0.05) is 34.4 Å². The minimum absolute atomic E-state index is 0.347. The highest BCUT2D eigenvalue weighted by Gasteiger charge is 2.30. The zero-order valence-electron chi connectivity index (χ0n) is 12.1. The average Bonchev–Trinajstić information content (AvgIpc) is 2.87. The minimum atomic E-state index is 0.347. The van der Waals surface area contributed by atoms with Gasteiger partial charge in [-0.3, -0.25) is 4.90 Å². The number of nitrogens with one attached hydrogen (secondary N) is 1. The fraction of sp³-hybridized carbons (Fsp3) is 0.733. The molecule has 2 heterocycles. The summed E-state index contributed by atoms with van der Waals surface area (Å²) >= 11 is 1.98. The topological polar surface area (TPSA) is 15.3 Å². The minimum Gasteiger partial charge on any atom is -0.314 e. The molecule has 1 N–H and O–H groups in total. The second-order valence-electron chi connectivity index (χ2n) is 5.68. The quantitative estimate of drug-likeness (QED) is 0.898. The van der Waals surface area contributed by atoms with E-state index in [0.717, 1.165) is 6.42 Å². The van der Waals surface area contributed by atoms with Crippen molar-refractivity contribution >= 4 is 11.3 Å². The number of thiophene rings is 1. The molecule has 1 aliphatic heterocycles. The maximum Gasteiger partial charge on any atom is 0.0413 e. The fourth-order valence-electron chi connectivity index (χ4n) is 2.64. The van der Waals surface area contributed by atoms with Gasteiger partial charge in [-0.05, 0) is 52.3 Å². The summed E-state index contributed by atoms with van der Waals surface area (Å²) in [6.07, 6.45) is 3.66. The van der Waals surface area contributed by atoms with E-state index < -0.39 is 0 Å². The lowest BCUT2D eigenvalue weighted by molar-refractivity contribution is 0.119. The third kappa shape index (κ3) is 2.95. The van der Waals surface area contributed by atoms with Gasteiger partial charge in [0.15, 0.2) is 0 Å². The van der Waals surface area contributed by atoms with E-state index in [-0.39, 0.29) is 0 Å². The molecule has 18 heavy (non-hydrogen) atoms. The smallest absolute Gasteiger partial charge is 0.0413 e. The fourth-order valence-corrected chi connectivity index (χ4v) is 3.68. The van der Waals surface area contributed by atoms with Gasteiger partial charge >= 0.3 is 0 Å². The Morgan fingerprint density at radius 1 is 1.39 bits per heavy atom. The van der Waals surface area contributed by atoms with E-state index in [4.69, 9.17) is 0 Å². The summed E-state index contributed by atoms with van der Waals surface area (Å²) in [7, 11) is 2.09. The van der Waals surface area contributed by atoms with Crippen LogP contribution in [0.4, 0.5) is 0 Å². The molecule has 0 saturated carbocycles. The summed E-state index contributed by atoms with van der Waals surface area (Å²) in [6.45, 7) is 9.35. The van der Waals surface area contributed by atoms with Crippen molar-refractivity contribution < 1.29 is 0 Å². The molecule has 1 aromatic heterocycles. The lowest BCUT2D eigenvalue weighted by Crippen LogP contribution is -2.50. The zero-order chi connectivity index (χ0) is 13.2. The Kier molecular flexibility index (Phi) is 4.46. The Morgan fingerprint density at radius 3 is 2.56 bits per heavy atom. The van der Waals surface area contributed by atoms with Crippen LogP contribution in [0.3, 0.4) is 0 Å². The van der Waals surface area contributed by atoms with Crippen molar-refractivity contribution in [3.05, 3.63) is 21.9 Å². The summed E-state index contributed by atoms with van der Waals surface area (Å²) < 4.78 is 0. The molecule has 1 unspecified atom stereocenters. The van der Waals surface area contributed by atoms with Gasteiger partial charge in [-0.25, -0.2) is 0 Å². The molecule has 1 atom stereocenters. The summed E-state index contributed by atoms with van der Waals surface area (Å²) in [5.74, 6) is 0. The van der Waals surface area contributed by atoms with Crippen LogP contribution in [-0.2, 0) is 6.42 Å². The Balaban J connectivity index is 1.97. The first-order valence-corrected chi connectivity index (χ1v) is 7.91. The molecule has 1 saturated heterocycles. The van der Waals surface area contributed by atoms with Gasteiger partial charge < -0.3 is 5.32 Å². The van der Waals surface area contributed by atoms with Gasteiger partial charge in [0.05, 0.1) is 0 Å². The predicted molar refractivity (Wildman–Crippen MR) is 80.4 cm³/mol. The molecular formula is C15H26N2S. The average molecular weight is 266 g/mol. The Morgan fingerprint density at radius 2 is 2.06 bits per heavy atom. The van der Waals surface area contributed by atoms with Crippen molar-refractivity contribution in [1.29, 1.82) is 0 Å². The number of likely N-dealkylation sites (tertiary alicyclic amines) is 1. The first kappa shape index (κ1) is 14.0. The lowest BCUT2D eigenvalue weighted by atomic mass is 9.89. The SMILES string of the molecule is CCc1ccc(C(C)N2CCC(C)(NC)CC2)s1. The molecule has 3 heteroatoms. The Labute approximate surface area is 115 Å². The second kappa shape index (κ2) is 5.72. The van der Waals surface area contributed by atoms with Crippen LogP contribution in [0.5, 0.6) is 0 Å². The van der Waals surface area contributed by atoms with Gasteiger partial charge in [0.2, 0.25) is 0 Å². The monoisotopic (exact) mass is 266 g/mol. The first-order valence-electron chi connectivity index (χ1n) is 7.09. The summed E-state index contributed by atoms with van der Waals surface area (Å²) in [5, 5.41) is 3.47. The van der Waals surface area contributed by atoms with Crippen molar-refractivity contribution in [2.45, 2.75) is 51.6 Å². The van der Waals surface area contributed by atoms with Gasteiger partial charge in [0.25, 0.3) is 0 Å². The number of hydrogen-bond acceptors (Lipinski definition) is 3. The first-order chi connectivity index (χ1) is 8.58. The number of aryl methyl sites for hydroxylation is 1. The van der Waals surface area contributed by atoms with E-state index in [1.807, 2.05) is 11.3 Å². The molecule has 0 amide bonds. The van der Waals surface area contributed by atoms with Crippen LogP contribution in [0.25, 0.3) is 0 Å². The third-order valence-corrected chi connectivity index (χ3v) is 5.90. The van der Waals surface area contributed by atoms with Crippen molar-refractivity contribution in [2.75, 3.05) is 20.1 Å². The molecular weight excluding hydrogens is 240 g/mol. The molecule has 0 bridgehead atoms. The molecule has 102 valence electrons. The molecule has 0 aromatic carbocycles. The summed E-state index contributed by atoms with van der Waals surface area (Å²) in [6, 6.07) is 5.19. The van der Waals surface area contributed by atoms with Crippen LogP contribution in [0.1, 0.15) is 49.4 Å². The molecule has 1 aliphatic rings. The van der Waals surface area contributed by atoms with Crippen molar-refractivity contribution in [1.82, 2.24) is 10.2 Å². The van der Waals surface area contributed by atoms with Crippen LogP contribution >= 0.6 is 11.3 Å². The molecule has 1 fully saturated rings. The molecule has 0 aliphatic carbocycles. The number of hydrogen-bond donors (Lipinski definition) is 1. The van der Waals surface area contributed by atoms with E-state index in [0.29, 0.717) is 11.6 Å². The maximum absolute atomic E-state index is 3.47. The number of nitrogens with zero attached hydrogens (tertiary/aromatic N) is 1. The Bertz CT molecular complexity index is 378. The summed E-state index contributed by atoms with van der Waals surface area (Å²) in [5.41, 5.74) is 0.347. The maximum atomic E-state index is 3.47. The molecule has 1 aromatic rings. The predicted octanol–water partition coefficient (Wildman–Crippen LogP) is 3.45. The number of rotatable bonds is 4. The van der Waals surface area contributed by atoms with Crippen LogP contribution in [0, 0.1) is 0 Å². The Hall–Kier alpha value is -0.380. The van der Waals surface area contributed by atoms with Crippen LogP contribution in [-0.4, -0.2) is 30.6 Å². The van der Waals surface area contributed by atoms with E-state index in [2.05, 4.69) is 50.2 Å². The van der Waals surface area contributed by atoms with E-state index in [9.17, 15) is 0 Å². The van der Waals surface area contributed by atoms with Crippen LogP contribution < -0.4 is 5.32 Å². The van der Waals surface area contributed by atoms with Crippen molar-refractivity contribution in [3.63, 3.8) is 0 Å². The van der Waals surface area contributed by atoms with Crippen molar-refractivity contribution in [3.8, 4) is 0 Å². The molecule has 0 spiro atoms. The van der Waals surface area contributed by atoms with E-state index in [1.165, 1.54) is 35.7 Å². The third-order valence-electron chi connectivity index (χ3n) is 4.50. The van der Waals surface area contributed by atoms with Crippen LogP contribution in [0.2, 0.25) is 0 Å². The van der Waals surface area contributed by atoms with Gasteiger partial charge in [-0.15, -0.1) is 11.3 Å². The van der Waals surface area contributed by atoms with E-state index in [1.54, 1.807) is 0 Å². The molecule has 0 radical (unpaired) electrons. The highest BCUT2D eigenvalue weighted by atomic mass is 32.1. The summed E-state index contributed by atoms with van der Waals surface area (Å²) in [4.78, 5) is 5.67.